The van der Waals surface area contributed by atoms with Crippen molar-refractivity contribution >= 4 is 5.82 Å². The van der Waals surface area contributed by atoms with Crippen LogP contribution >= 0.6 is 0 Å². The van der Waals surface area contributed by atoms with Gasteiger partial charge in [0, 0.05) is 23.7 Å². The van der Waals surface area contributed by atoms with E-state index in [1.54, 1.807) is 14.2 Å². The molecule has 3 heterocycles. The van der Waals surface area contributed by atoms with Crippen LogP contribution in [0.1, 0.15) is 18.4 Å². The Balaban J connectivity index is 1.64. The maximum atomic E-state index is 5.78. The summed E-state index contributed by atoms with van der Waals surface area (Å²) in [6.45, 7) is 2.06. The maximum Gasteiger partial charge on any atom is 0.163 e. The van der Waals surface area contributed by atoms with Crippen molar-refractivity contribution in [2.45, 2.75) is 19.3 Å². The van der Waals surface area contributed by atoms with Gasteiger partial charge in [-0.3, -0.25) is 0 Å². The van der Waals surface area contributed by atoms with E-state index >= 15 is 0 Å². The summed E-state index contributed by atoms with van der Waals surface area (Å²) < 4.78 is 24.3. The van der Waals surface area contributed by atoms with E-state index in [0.717, 1.165) is 60.1 Å². The van der Waals surface area contributed by atoms with E-state index in [2.05, 4.69) is 5.32 Å². The fourth-order valence-corrected chi connectivity index (χ4v) is 4.07. The molecular formula is C23H25N3O4. The van der Waals surface area contributed by atoms with Crippen molar-refractivity contribution in [2.24, 2.45) is 0 Å². The topological polar surface area (TPSA) is 66.8 Å². The van der Waals surface area contributed by atoms with Crippen LogP contribution in [0.4, 0.5) is 5.82 Å². The summed E-state index contributed by atoms with van der Waals surface area (Å²) in [6.07, 6.45) is 3.21. The van der Waals surface area contributed by atoms with Gasteiger partial charge in [0.15, 0.2) is 23.0 Å². The summed E-state index contributed by atoms with van der Waals surface area (Å²) >= 11 is 0. The molecule has 0 saturated heterocycles. The highest BCUT2D eigenvalue weighted by Gasteiger charge is 2.23. The summed E-state index contributed by atoms with van der Waals surface area (Å²) in [4.78, 5) is 0. The van der Waals surface area contributed by atoms with Gasteiger partial charge in [-0.1, -0.05) is 0 Å². The van der Waals surface area contributed by atoms with Crippen molar-refractivity contribution in [3.05, 3.63) is 42.0 Å². The summed E-state index contributed by atoms with van der Waals surface area (Å²) in [6, 6.07) is 11.9. The van der Waals surface area contributed by atoms with Crippen LogP contribution in [0.25, 0.3) is 16.9 Å². The van der Waals surface area contributed by atoms with E-state index in [1.807, 2.05) is 41.1 Å². The van der Waals surface area contributed by atoms with E-state index in [0.29, 0.717) is 24.7 Å². The van der Waals surface area contributed by atoms with Crippen LogP contribution in [-0.4, -0.2) is 43.8 Å². The average Bonchev–Trinajstić information content (AvgIpc) is 2.98. The Morgan fingerprint density at radius 2 is 1.77 bits per heavy atom. The molecule has 0 saturated carbocycles. The number of benzene rings is 2. The molecule has 1 aromatic heterocycles. The number of fused-ring (bicyclic) bond motifs is 2. The van der Waals surface area contributed by atoms with Crippen molar-refractivity contribution in [1.29, 1.82) is 0 Å². The van der Waals surface area contributed by atoms with Crippen molar-refractivity contribution in [3.63, 3.8) is 0 Å². The Labute approximate surface area is 175 Å². The number of anilines is 1. The van der Waals surface area contributed by atoms with Crippen LogP contribution in [0.5, 0.6) is 23.0 Å². The molecule has 3 aromatic rings. The molecule has 0 radical (unpaired) electrons. The maximum absolute atomic E-state index is 5.78. The Hall–Kier alpha value is -3.35. The minimum absolute atomic E-state index is 0.558. The highest BCUT2D eigenvalue weighted by atomic mass is 16.6. The third-order valence-electron chi connectivity index (χ3n) is 5.56. The Morgan fingerprint density at radius 3 is 2.60 bits per heavy atom. The van der Waals surface area contributed by atoms with E-state index in [-0.39, 0.29) is 0 Å². The molecule has 5 rings (SSSR count). The van der Waals surface area contributed by atoms with Gasteiger partial charge in [0.25, 0.3) is 0 Å². The van der Waals surface area contributed by atoms with E-state index in [1.165, 1.54) is 5.56 Å². The zero-order chi connectivity index (χ0) is 20.5. The smallest absolute Gasteiger partial charge is 0.163 e. The lowest BCUT2D eigenvalue weighted by atomic mass is 10.0. The number of aromatic nitrogens is 2. The monoisotopic (exact) mass is 407 g/mol. The fraction of sp³-hybridized carbons (Fsp3) is 0.348. The molecule has 2 aliphatic rings. The van der Waals surface area contributed by atoms with Crippen LogP contribution in [0.2, 0.25) is 0 Å². The van der Waals surface area contributed by atoms with Gasteiger partial charge in [0.2, 0.25) is 0 Å². The predicted molar refractivity (Wildman–Crippen MR) is 115 cm³/mol. The van der Waals surface area contributed by atoms with Gasteiger partial charge in [-0.25, -0.2) is 4.68 Å². The molecule has 2 aromatic carbocycles. The van der Waals surface area contributed by atoms with Crippen LogP contribution in [0.3, 0.4) is 0 Å². The van der Waals surface area contributed by atoms with Gasteiger partial charge < -0.3 is 24.3 Å². The lowest BCUT2D eigenvalue weighted by Crippen LogP contribution is -2.15. The summed E-state index contributed by atoms with van der Waals surface area (Å²) in [5, 5.41) is 8.60. The zero-order valence-electron chi connectivity index (χ0n) is 17.2. The van der Waals surface area contributed by atoms with E-state index in [9.17, 15) is 0 Å². The quantitative estimate of drug-likeness (QED) is 0.703. The average molecular weight is 407 g/mol. The first-order valence-corrected chi connectivity index (χ1v) is 10.3. The van der Waals surface area contributed by atoms with Crippen molar-refractivity contribution < 1.29 is 18.9 Å². The minimum atomic E-state index is 0.558. The molecule has 0 aliphatic carbocycles. The first-order valence-electron chi connectivity index (χ1n) is 10.3. The van der Waals surface area contributed by atoms with E-state index < -0.39 is 0 Å². The molecule has 0 unspecified atom stereocenters. The zero-order valence-corrected chi connectivity index (χ0v) is 17.2. The highest BCUT2D eigenvalue weighted by molar-refractivity contribution is 5.73. The fourth-order valence-electron chi connectivity index (χ4n) is 4.07. The van der Waals surface area contributed by atoms with E-state index in [4.69, 9.17) is 24.0 Å². The van der Waals surface area contributed by atoms with Gasteiger partial charge in [-0.2, -0.15) is 5.10 Å². The SMILES string of the molecule is COc1ccc(-c2nn(-c3ccc4c(c3)OCCO4)c3c2CCCCN3)cc1OC. The van der Waals surface area contributed by atoms with Crippen LogP contribution in [0, 0.1) is 0 Å². The molecule has 0 fully saturated rings. The normalized spacial score (nSPS) is 15.0. The Kier molecular flexibility index (Phi) is 4.86. The molecule has 7 heteroatoms. The van der Waals surface area contributed by atoms with Gasteiger partial charge in [-0.15, -0.1) is 0 Å². The molecule has 30 heavy (non-hydrogen) atoms. The molecule has 2 aliphatic heterocycles. The summed E-state index contributed by atoms with van der Waals surface area (Å²) in [5.41, 5.74) is 4.12. The largest absolute Gasteiger partial charge is 0.493 e. The van der Waals surface area contributed by atoms with Gasteiger partial charge in [0.1, 0.15) is 19.0 Å². The van der Waals surface area contributed by atoms with Crippen molar-refractivity contribution in [1.82, 2.24) is 9.78 Å². The van der Waals surface area contributed by atoms with Crippen molar-refractivity contribution in [2.75, 3.05) is 39.3 Å². The number of hydrogen-bond acceptors (Lipinski definition) is 6. The molecule has 156 valence electrons. The first kappa shape index (κ1) is 18.7. The first-order chi connectivity index (χ1) is 14.8. The van der Waals surface area contributed by atoms with Crippen LogP contribution in [0.15, 0.2) is 36.4 Å². The Morgan fingerprint density at radius 1 is 0.933 bits per heavy atom. The highest BCUT2D eigenvalue weighted by Crippen LogP contribution is 2.39. The second-order valence-electron chi connectivity index (χ2n) is 7.37. The molecule has 7 nitrogen and oxygen atoms in total. The van der Waals surface area contributed by atoms with Gasteiger partial charge >= 0.3 is 0 Å². The molecule has 0 spiro atoms. The van der Waals surface area contributed by atoms with Gasteiger partial charge in [0.05, 0.1) is 25.6 Å². The van der Waals surface area contributed by atoms with Crippen LogP contribution < -0.4 is 24.3 Å². The van der Waals surface area contributed by atoms with Gasteiger partial charge in [-0.05, 0) is 49.6 Å². The molecular weight excluding hydrogens is 382 g/mol. The number of hydrogen-bond donors (Lipinski definition) is 1. The van der Waals surface area contributed by atoms with Crippen molar-refractivity contribution in [3.8, 4) is 39.9 Å². The second-order valence-corrected chi connectivity index (χ2v) is 7.37. The third kappa shape index (κ3) is 3.20. The summed E-state index contributed by atoms with van der Waals surface area (Å²) in [7, 11) is 3.29. The molecule has 0 amide bonds. The molecule has 0 atom stereocenters. The number of rotatable bonds is 4. The number of nitrogens with zero attached hydrogens (tertiary/aromatic N) is 2. The molecule has 1 N–H and O–H groups in total. The molecule has 0 bridgehead atoms. The predicted octanol–water partition coefficient (Wildman–Crippen LogP) is 4.08. The second kappa shape index (κ2) is 7.82. The lowest BCUT2D eigenvalue weighted by molar-refractivity contribution is 0.171. The number of nitrogens with one attached hydrogen (secondary N) is 1. The number of ether oxygens (including phenoxy) is 4. The summed E-state index contributed by atoms with van der Waals surface area (Å²) in [5.74, 6) is 3.96. The third-order valence-corrected chi connectivity index (χ3v) is 5.56. The Bertz CT molecular complexity index is 1010. The minimum Gasteiger partial charge on any atom is -0.493 e. The standard InChI is InChI=1S/C23H25N3O4/c1-27-18-8-6-15(13-20(18)28-2)22-17-5-3-4-10-24-23(17)26(25-22)16-7-9-19-21(14-16)30-12-11-29-19/h6-9,13-14,24H,3-5,10-12H2,1-2H3. The van der Waals surface area contributed by atoms with Crippen LogP contribution in [-0.2, 0) is 6.42 Å². The number of methoxy groups -OCH3 is 2. The lowest BCUT2D eigenvalue weighted by Gasteiger charge is -2.19.